The molecule has 0 aliphatic heterocycles. The van der Waals surface area contributed by atoms with Crippen LogP contribution in [-0.4, -0.2) is 10.8 Å². The summed E-state index contributed by atoms with van der Waals surface area (Å²) in [5.41, 5.74) is 7.88. The average molecular weight is 441 g/mol. The van der Waals surface area contributed by atoms with Gasteiger partial charge in [-0.15, -0.1) is 0 Å². The third-order valence-electron chi connectivity index (χ3n) is 4.24. The lowest BCUT2D eigenvalue weighted by molar-refractivity contribution is 0.748. The summed E-state index contributed by atoms with van der Waals surface area (Å²) in [6, 6.07) is 13.1. The summed E-state index contributed by atoms with van der Waals surface area (Å²) in [7, 11) is 0. The minimum absolute atomic E-state index is 0.445. The molecule has 3 aromatic rings. The van der Waals surface area contributed by atoms with E-state index in [4.69, 9.17) is 46.4 Å². The first-order valence-electron chi connectivity index (χ1n) is 8.21. The van der Waals surface area contributed by atoms with Crippen LogP contribution in [-0.2, 0) is 6.54 Å². The lowest BCUT2D eigenvalue weighted by Gasteiger charge is -2.10. The maximum absolute atomic E-state index is 6.17. The van der Waals surface area contributed by atoms with Crippen molar-refractivity contribution in [3.63, 3.8) is 0 Å². The molecule has 0 fully saturated rings. The third-order valence-corrected chi connectivity index (χ3v) is 5.69. The summed E-state index contributed by atoms with van der Waals surface area (Å²) in [5, 5.41) is 6.59. The van der Waals surface area contributed by atoms with Crippen LogP contribution in [0.25, 0.3) is 5.69 Å². The summed E-state index contributed by atoms with van der Waals surface area (Å²) in [6.07, 6.45) is 1.78. The Morgan fingerprint density at radius 3 is 2.30 bits per heavy atom. The highest BCUT2D eigenvalue weighted by atomic mass is 35.5. The van der Waals surface area contributed by atoms with Gasteiger partial charge in [0.05, 0.1) is 22.8 Å². The molecule has 0 saturated carbocycles. The van der Waals surface area contributed by atoms with Crippen LogP contribution in [0.5, 0.6) is 0 Å². The Bertz CT molecular complexity index is 988. The van der Waals surface area contributed by atoms with Crippen LogP contribution in [0.4, 0.5) is 0 Å². The van der Waals surface area contributed by atoms with Gasteiger partial charge in [0.15, 0.2) is 0 Å². The van der Waals surface area contributed by atoms with E-state index in [0.717, 1.165) is 28.2 Å². The number of halogens is 4. The zero-order chi connectivity index (χ0) is 19.6. The summed E-state index contributed by atoms with van der Waals surface area (Å²) in [5.74, 6) is 0. The van der Waals surface area contributed by atoms with E-state index in [-0.39, 0.29) is 0 Å². The van der Waals surface area contributed by atoms with E-state index in [2.05, 4.69) is 21.2 Å². The second-order valence-electron chi connectivity index (χ2n) is 6.05. The fraction of sp³-hybridized carbons (Fsp3) is 0.150. The smallest absolute Gasteiger partial charge is 0.0613 e. The minimum atomic E-state index is 0.445. The van der Waals surface area contributed by atoms with Crippen LogP contribution in [0.2, 0.25) is 20.1 Å². The Kier molecular flexibility index (Phi) is 6.38. The molecule has 0 saturated heterocycles. The fourth-order valence-corrected chi connectivity index (χ4v) is 3.70. The van der Waals surface area contributed by atoms with Gasteiger partial charge < -0.3 is 9.99 Å². The largest absolute Gasteiger partial charge is 0.318 e. The van der Waals surface area contributed by atoms with E-state index in [1.807, 2.05) is 32.0 Å². The van der Waals surface area contributed by atoms with Gasteiger partial charge in [0, 0.05) is 38.2 Å². The number of hydrogen-bond donors (Lipinski definition) is 1. The van der Waals surface area contributed by atoms with E-state index >= 15 is 0 Å². The Labute approximate surface area is 178 Å². The highest BCUT2D eigenvalue weighted by Gasteiger charge is 2.11. The molecule has 3 nitrogen and oxygen atoms in total. The molecule has 0 aliphatic carbocycles. The molecule has 140 valence electrons. The molecule has 7 heteroatoms. The molecule has 0 spiro atoms. The molecule has 2 aromatic carbocycles. The topological polar surface area (TPSA) is 29.3 Å². The third kappa shape index (κ3) is 4.44. The van der Waals surface area contributed by atoms with Crippen molar-refractivity contribution < 1.29 is 0 Å². The molecule has 3 rings (SSSR count). The number of hydrogen-bond acceptors (Lipinski definition) is 2. The Balaban J connectivity index is 1.78. The Hall–Kier alpha value is -1.65. The molecular weight excluding hydrogens is 424 g/mol. The zero-order valence-electron chi connectivity index (χ0n) is 14.7. The number of hydrazone groups is 1. The summed E-state index contributed by atoms with van der Waals surface area (Å²) < 4.78 is 2.11. The van der Waals surface area contributed by atoms with Gasteiger partial charge in [-0.25, -0.2) is 0 Å². The molecular formula is C20H17Cl4N3. The molecule has 1 N–H and O–H groups in total. The van der Waals surface area contributed by atoms with Gasteiger partial charge in [-0.2, -0.15) is 5.10 Å². The second kappa shape index (κ2) is 8.57. The molecule has 0 radical (unpaired) electrons. The van der Waals surface area contributed by atoms with Crippen molar-refractivity contribution in [3.8, 4) is 5.69 Å². The quantitative estimate of drug-likeness (QED) is 0.341. The van der Waals surface area contributed by atoms with E-state index < -0.39 is 0 Å². The maximum Gasteiger partial charge on any atom is 0.0613 e. The van der Waals surface area contributed by atoms with E-state index in [1.54, 1.807) is 24.4 Å². The maximum atomic E-state index is 6.17. The van der Waals surface area contributed by atoms with Crippen LogP contribution in [0.3, 0.4) is 0 Å². The highest BCUT2D eigenvalue weighted by Crippen LogP contribution is 2.27. The Morgan fingerprint density at radius 2 is 1.63 bits per heavy atom. The average Bonchev–Trinajstić information content (AvgIpc) is 2.90. The minimum Gasteiger partial charge on any atom is -0.318 e. The SMILES string of the molecule is Cc1cc(/C=N/NCc2c(Cl)cccc2Cl)c(C)n1-c1ccc(Cl)c(Cl)c1. The van der Waals surface area contributed by atoms with E-state index in [0.29, 0.717) is 26.6 Å². The summed E-state index contributed by atoms with van der Waals surface area (Å²) >= 11 is 24.5. The molecule has 0 atom stereocenters. The molecule has 1 aromatic heterocycles. The second-order valence-corrected chi connectivity index (χ2v) is 7.68. The van der Waals surface area contributed by atoms with Crippen molar-refractivity contribution in [1.29, 1.82) is 0 Å². The first-order chi connectivity index (χ1) is 12.9. The molecule has 0 aliphatic rings. The van der Waals surface area contributed by atoms with Crippen molar-refractivity contribution in [2.45, 2.75) is 20.4 Å². The van der Waals surface area contributed by atoms with Crippen molar-refractivity contribution in [1.82, 2.24) is 9.99 Å². The molecule has 0 amide bonds. The van der Waals surface area contributed by atoms with Crippen molar-refractivity contribution >= 4 is 52.6 Å². The molecule has 1 heterocycles. The van der Waals surface area contributed by atoms with Crippen molar-refractivity contribution in [2.75, 3.05) is 0 Å². The number of nitrogens with zero attached hydrogens (tertiary/aromatic N) is 2. The van der Waals surface area contributed by atoms with Gasteiger partial charge in [-0.05, 0) is 50.2 Å². The first-order valence-corrected chi connectivity index (χ1v) is 9.73. The van der Waals surface area contributed by atoms with Gasteiger partial charge in [-0.3, -0.25) is 0 Å². The van der Waals surface area contributed by atoms with Crippen LogP contribution in [0.1, 0.15) is 22.5 Å². The number of benzene rings is 2. The van der Waals surface area contributed by atoms with Crippen molar-refractivity contribution in [3.05, 3.63) is 85.1 Å². The lowest BCUT2D eigenvalue weighted by Crippen LogP contribution is -2.07. The van der Waals surface area contributed by atoms with Crippen LogP contribution >= 0.6 is 46.4 Å². The van der Waals surface area contributed by atoms with E-state index in [1.165, 1.54) is 0 Å². The number of nitrogens with one attached hydrogen (secondary N) is 1. The van der Waals surface area contributed by atoms with Crippen LogP contribution < -0.4 is 5.43 Å². The fourth-order valence-electron chi connectivity index (χ4n) is 2.88. The number of aryl methyl sites for hydroxylation is 1. The van der Waals surface area contributed by atoms with Crippen LogP contribution in [0, 0.1) is 13.8 Å². The standard InChI is InChI=1S/C20H17Cl4N3/c1-12-8-14(10-25-26-11-16-17(21)4-3-5-18(16)22)13(2)27(12)15-6-7-19(23)20(24)9-15/h3-10,26H,11H2,1-2H3/b25-10+. The normalized spacial score (nSPS) is 11.3. The van der Waals surface area contributed by atoms with Gasteiger partial charge >= 0.3 is 0 Å². The predicted molar refractivity (Wildman–Crippen MR) is 116 cm³/mol. The van der Waals surface area contributed by atoms with Gasteiger partial charge in [0.25, 0.3) is 0 Å². The highest BCUT2D eigenvalue weighted by molar-refractivity contribution is 6.42. The number of rotatable bonds is 5. The number of aromatic nitrogens is 1. The molecule has 0 bridgehead atoms. The molecule has 27 heavy (non-hydrogen) atoms. The summed E-state index contributed by atoms with van der Waals surface area (Å²) in [4.78, 5) is 0. The lowest BCUT2D eigenvalue weighted by atomic mass is 10.2. The van der Waals surface area contributed by atoms with E-state index in [9.17, 15) is 0 Å². The first kappa shape index (κ1) is 20.1. The monoisotopic (exact) mass is 439 g/mol. The van der Waals surface area contributed by atoms with Crippen molar-refractivity contribution in [2.24, 2.45) is 5.10 Å². The summed E-state index contributed by atoms with van der Waals surface area (Å²) in [6.45, 7) is 4.51. The van der Waals surface area contributed by atoms with Gasteiger partial charge in [0.1, 0.15) is 0 Å². The Morgan fingerprint density at radius 1 is 0.926 bits per heavy atom. The van der Waals surface area contributed by atoms with Gasteiger partial charge in [-0.1, -0.05) is 52.5 Å². The van der Waals surface area contributed by atoms with Gasteiger partial charge in [0.2, 0.25) is 0 Å². The molecule has 0 unspecified atom stereocenters. The predicted octanol–water partition coefficient (Wildman–Crippen LogP) is 6.83. The zero-order valence-corrected chi connectivity index (χ0v) is 17.8. The van der Waals surface area contributed by atoms with Crippen LogP contribution in [0.15, 0.2) is 47.6 Å².